The second kappa shape index (κ2) is 7.12. The summed E-state index contributed by atoms with van der Waals surface area (Å²) >= 11 is 0.580. The second-order valence-corrected chi connectivity index (χ2v) is 6.01. The predicted octanol–water partition coefficient (Wildman–Crippen LogP) is 4.40. The molecule has 130 valence electrons. The first-order valence-corrected chi connectivity index (χ1v) is 8.20. The van der Waals surface area contributed by atoms with Gasteiger partial charge in [-0.25, -0.2) is 4.90 Å². The zero-order chi connectivity index (χ0) is 17.1. The maximum atomic E-state index is 14.2. The summed E-state index contributed by atoms with van der Waals surface area (Å²) in [6.07, 6.45) is -0.508. The Balaban J connectivity index is 2.18. The smallest absolute Gasteiger partial charge is 0.399 e. The molecule has 4 nitrogen and oxygen atoms in total. The monoisotopic (exact) mass is 353 g/mol. The van der Waals surface area contributed by atoms with Gasteiger partial charge in [-0.05, 0) is 19.9 Å². The quantitative estimate of drug-likeness (QED) is 0.414. The van der Waals surface area contributed by atoms with E-state index in [0.717, 1.165) is 11.3 Å². The van der Waals surface area contributed by atoms with Crippen molar-refractivity contribution < 1.29 is 22.3 Å². The third-order valence-electron chi connectivity index (χ3n) is 3.65. The van der Waals surface area contributed by atoms with Gasteiger partial charge in [-0.15, -0.1) is 4.37 Å². The van der Waals surface area contributed by atoms with E-state index >= 15 is 0 Å². The largest absolute Gasteiger partial charge is 0.411 e. The van der Waals surface area contributed by atoms with Gasteiger partial charge in [-0.2, -0.15) is 21.9 Å². The molecule has 1 aliphatic heterocycles. The molecule has 0 fully saturated rings. The van der Waals surface area contributed by atoms with E-state index in [1.807, 2.05) is 6.92 Å². The van der Waals surface area contributed by atoms with Crippen molar-refractivity contribution in [3.8, 4) is 5.88 Å². The topological polar surface area (TPSA) is 38.3 Å². The van der Waals surface area contributed by atoms with Gasteiger partial charge in [-0.3, -0.25) is 0 Å². The van der Waals surface area contributed by atoms with Gasteiger partial charge in [-0.1, -0.05) is 25.8 Å². The number of hydrogen-bond acceptors (Lipinski definition) is 5. The van der Waals surface area contributed by atoms with Gasteiger partial charge >= 0.3 is 12.2 Å². The van der Waals surface area contributed by atoms with Crippen LogP contribution in [-0.4, -0.2) is 39.4 Å². The molecule has 0 atom stereocenters. The Morgan fingerprint density at radius 1 is 1.35 bits per heavy atom. The minimum absolute atomic E-state index is 0.178. The Labute approximate surface area is 136 Å². The summed E-state index contributed by atoms with van der Waals surface area (Å²) in [4.78, 5) is 0.852. The zero-order valence-corrected chi connectivity index (χ0v) is 13.8. The molecule has 0 saturated carbocycles. The zero-order valence-electron chi connectivity index (χ0n) is 13.0. The van der Waals surface area contributed by atoms with Gasteiger partial charge in [0.05, 0.1) is 23.7 Å². The lowest BCUT2D eigenvalue weighted by molar-refractivity contribution is -0.183. The molecular formula is C14H19F4N3OS. The number of ether oxygens (including phenoxy) is 1. The average Bonchev–Trinajstić information content (AvgIpc) is 2.89. The Kier molecular flexibility index (Phi) is 5.61. The molecule has 2 heterocycles. The SMILES string of the molecule is CCCCCC(F)(F)Oc1nsnc1C1=CCCN(C)C1(F)F. The molecule has 0 bridgehead atoms. The van der Waals surface area contributed by atoms with Gasteiger partial charge in [0.15, 0.2) is 5.69 Å². The summed E-state index contributed by atoms with van der Waals surface area (Å²) in [6, 6.07) is -3.29. The van der Waals surface area contributed by atoms with Crippen molar-refractivity contribution in [3.63, 3.8) is 0 Å². The lowest BCUT2D eigenvalue weighted by Gasteiger charge is -2.32. The maximum Gasteiger partial charge on any atom is 0.399 e. The number of aromatic nitrogens is 2. The Morgan fingerprint density at radius 2 is 2.09 bits per heavy atom. The van der Waals surface area contributed by atoms with Crippen LogP contribution < -0.4 is 4.74 Å². The summed E-state index contributed by atoms with van der Waals surface area (Å²) in [5.41, 5.74) is -0.735. The molecule has 0 radical (unpaired) electrons. The standard InChI is InChI=1S/C14H19F4N3OS/c1-3-4-5-8-13(15,16)22-12-11(19-23-20-12)10-7-6-9-21(2)14(10,17)18/h7H,3-6,8-9H2,1-2H3. The van der Waals surface area contributed by atoms with Crippen molar-refractivity contribution in [1.29, 1.82) is 0 Å². The summed E-state index contributed by atoms with van der Waals surface area (Å²) < 4.78 is 68.1. The number of likely N-dealkylation sites (N-methyl/N-ethyl adjacent to an activating group) is 1. The van der Waals surface area contributed by atoms with Gasteiger partial charge in [0, 0.05) is 6.54 Å². The minimum Gasteiger partial charge on any atom is -0.411 e. The summed E-state index contributed by atoms with van der Waals surface area (Å²) in [5.74, 6) is -0.530. The van der Waals surface area contributed by atoms with Crippen molar-refractivity contribution in [2.45, 2.75) is 51.2 Å². The van der Waals surface area contributed by atoms with Crippen LogP contribution in [0.3, 0.4) is 0 Å². The van der Waals surface area contributed by atoms with Crippen LogP contribution in [0.5, 0.6) is 5.88 Å². The summed E-state index contributed by atoms with van der Waals surface area (Å²) in [7, 11) is 1.27. The van der Waals surface area contributed by atoms with E-state index in [9.17, 15) is 17.6 Å². The second-order valence-electron chi connectivity index (χ2n) is 5.48. The van der Waals surface area contributed by atoms with Crippen LogP contribution in [0.25, 0.3) is 5.57 Å². The van der Waals surface area contributed by atoms with Crippen molar-refractivity contribution in [3.05, 3.63) is 11.8 Å². The molecule has 0 aliphatic carbocycles. The van der Waals surface area contributed by atoms with E-state index in [2.05, 4.69) is 13.5 Å². The molecule has 1 aromatic heterocycles. The molecule has 0 spiro atoms. The fourth-order valence-electron chi connectivity index (χ4n) is 2.30. The molecule has 0 saturated heterocycles. The summed E-state index contributed by atoms with van der Waals surface area (Å²) in [5, 5.41) is 0. The third-order valence-corrected chi connectivity index (χ3v) is 4.16. The number of alkyl halides is 4. The maximum absolute atomic E-state index is 14.2. The van der Waals surface area contributed by atoms with Crippen molar-refractivity contribution in [1.82, 2.24) is 13.6 Å². The highest BCUT2D eigenvalue weighted by molar-refractivity contribution is 6.99. The fraction of sp³-hybridized carbons (Fsp3) is 0.714. The van der Waals surface area contributed by atoms with Crippen LogP contribution in [0.2, 0.25) is 0 Å². The van der Waals surface area contributed by atoms with E-state index in [-0.39, 0.29) is 18.7 Å². The first-order valence-electron chi connectivity index (χ1n) is 7.47. The van der Waals surface area contributed by atoms with Gasteiger partial charge < -0.3 is 4.74 Å². The summed E-state index contributed by atoms with van der Waals surface area (Å²) in [6.45, 7) is 2.08. The molecule has 0 aromatic carbocycles. The highest BCUT2D eigenvalue weighted by Gasteiger charge is 2.45. The highest BCUT2D eigenvalue weighted by atomic mass is 32.1. The van der Waals surface area contributed by atoms with Crippen LogP contribution in [0.4, 0.5) is 17.6 Å². The van der Waals surface area contributed by atoms with E-state index < -0.39 is 30.0 Å². The molecule has 23 heavy (non-hydrogen) atoms. The average molecular weight is 353 g/mol. The Bertz CT molecular complexity index is 562. The molecule has 0 amide bonds. The van der Waals surface area contributed by atoms with Crippen molar-refractivity contribution in [2.24, 2.45) is 0 Å². The molecule has 9 heteroatoms. The van der Waals surface area contributed by atoms with Gasteiger partial charge in [0.1, 0.15) is 0 Å². The first-order chi connectivity index (χ1) is 10.8. The molecule has 1 aromatic rings. The van der Waals surface area contributed by atoms with E-state index in [1.165, 1.54) is 13.1 Å². The van der Waals surface area contributed by atoms with Gasteiger partial charge in [0.2, 0.25) is 0 Å². The highest BCUT2D eigenvalue weighted by Crippen LogP contribution is 2.41. The van der Waals surface area contributed by atoms with E-state index in [4.69, 9.17) is 0 Å². The van der Waals surface area contributed by atoms with E-state index in [0.29, 0.717) is 24.6 Å². The van der Waals surface area contributed by atoms with Crippen LogP contribution in [-0.2, 0) is 0 Å². The lowest BCUT2D eigenvalue weighted by atomic mass is 10.0. The lowest BCUT2D eigenvalue weighted by Crippen LogP contribution is -2.42. The van der Waals surface area contributed by atoms with Crippen LogP contribution in [0.15, 0.2) is 6.08 Å². The number of halogens is 4. The van der Waals surface area contributed by atoms with Gasteiger partial charge in [0.25, 0.3) is 5.88 Å². The van der Waals surface area contributed by atoms with E-state index in [1.54, 1.807) is 0 Å². The van der Waals surface area contributed by atoms with Crippen molar-refractivity contribution in [2.75, 3.05) is 13.6 Å². The molecule has 0 unspecified atom stereocenters. The molecule has 1 aliphatic rings. The Hall–Kier alpha value is -1.22. The number of rotatable bonds is 7. The Morgan fingerprint density at radius 3 is 2.78 bits per heavy atom. The van der Waals surface area contributed by atoms with Crippen molar-refractivity contribution >= 4 is 17.3 Å². The fourth-order valence-corrected chi connectivity index (χ4v) is 2.79. The van der Waals surface area contributed by atoms with Crippen LogP contribution in [0.1, 0.15) is 44.7 Å². The number of unbranched alkanes of at least 4 members (excludes halogenated alkanes) is 2. The normalized spacial score (nSPS) is 18.8. The predicted molar refractivity (Wildman–Crippen MR) is 79.8 cm³/mol. The molecular weight excluding hydrogens is 334 g/mol. The van der Waals surface area contributed by atoms with Crippen LogP contribution in [0, 0.1) is 0 Å². The molecule has 2 rings (SSSR count). The third kappa shape index (κ3) is 4.20. The minimum atomic E-state index is -3.45. The molecule has 0 N–H and O–H groups in total. The number of hydrogen-bond donors (Lipinski definition) is 0. The number of nitrogens with zero attached hydrogens (tertiary/aromatic N) is 3. The first kappa shape index (κ1) is 18.1. The van der Waals surface area contributed by atoms with Crippen LogP contribution >= 0.6 is 11.7 Å².